The summed E-state index contributed by atoms with van der Waals surface area (Å²) in [5, 5.41) is 18.6. The van der Waals surface area contributed by atoms with Crippen molar-refractivity contribution in [1.29, 1.82) is 0 Å². The lowest BCUT2D eigenvalue weighted by Crippen LogP contribution is -2.17. The zero-order valence-electron chi connectivity index (χ0n) is 12.2. The highest BCUT2D eigenvalue weighted by molar-refractivity contribution is 5.82. The van der Waals surface area contributed by atoms with Crippen molar-refractivity contribution in [3.63, 3.8) is 0 Å². The Labute approximate surface area is 137 Å². The fourth-order valence-electron chi connectivity index (χ4n) is 2.42. The summed E-state index contributed by atoms with van der Waals surface area (Å²) in [5.41, 5.74) is -5.50. The Morgan fingerprint density at radius 2 is 1.36 bits per heavy atom. The zero-order chi connectivity index (χ0) is 19.0. The number of alkyl halides is 6. The van der Waals surface area contributed by atoms with Gasteiger partial charge in [-0.1, -0.05) is 30.3 Å². The molecule has 2 aromatic rings. The van der Waals surface area contributed by atoms with Crippen LogP contribution in [0, 0.1) is 0 Å². The van der Waals surface area contributed by atoms with Gasteiger partial charge in [-0.3, -0.25) is 0 Å². The van der Waals surface area contributed by atoms with Crippen LogP contribution in [-0.4, -0.2) is 16.2 Å². The number of aliphatic hydroxyl groups is 1. The molecule has 25 heavy (non-hydrogen) atoms. The third-order valence-corrected chi connectivity index (χ3v) is 3.43. The van der Waals surface area contributed by atoms with Crippen molar-refractivity contribution >= 4 is 5.97 Å². The first-order valence-corrected chi connectivity index (χ1v) is 6.72. The number of carboxylic acid groups (broad SMARTS) is 1. The van der Waals surface area contributed by atoms with Gasteiger partial charge in [-0.2, -0.15) is 26.3 Å². The standard InChI is InChI=1S/C16H10F6O3/c17-15(18,19)10-6-2-1-4-8(10)12-9(13(23)14(24)25)5-3-7-11(12)16(20,21)22/h1-7,13,23H,(H,24,25). The van der Waals surface area contributed by atoms with Crippen LogP contribution < -0.4 is 0 Å². The van der Waals surface area contributed by atoms with Gasteiger partial charge in [0.25, 0.3) is 0 Å². The van der Waals surface area contributed by atoms with Gasteiger partial charge in [0.15, 0.2) is 6.10 Å². The second-order valence-electron chi connectivity index (χ2n) is 5.05. The van der Waals surface area contributed by atoms with Crippen LogP contribution in [0.25, 0.3) is 11.1 Å². The number of carbonyl (C=O) groups is 1. The zero-order valence-corrected chi connectivity index (χ0v) is 12.2. The van der Waals surface area contributed by atoms with Crippen molar-refractivity contribution < 1.29 is 41.4 Å². The van der Waals surface area contributed by atoms with E-state index in [1.165, 1.54) is 0 Å². The predicted octanol–water partition coefficient (Wildman–Crippen LogP) is 4.51. The molecule has 1 unspecified atom stereocenters. The van der Waals surface area contributed by atoms with Crippen LogP contribution in [0.4, 0.5) is 26.3 Å². The van der Waals surface area contributed by atoms with Gasteiger partial charge in [-0.25, -0.2) is 4.79 Å². The molecule has 9 heteroatoms. The quantitative estimate of drug-likeness (QED) is 0.788. The van der Waals surface area contributed by atoms with Crippen molar-refractivity contribution in [3.05, 3.63) is 59.2 Å². The van der Waals surface area contributed by atoms with Gasteiger partial charge in [0.1, 0.15) is 0 Å². The Balaban J connectivity index is 2.91. The summed E-state index contributed by atoms with van der Waals surface area (Å²) in [4.78, 5) is 11.0. The van der Waals surface area contributed by atoms with Crippen LogP contribution in [-0.2, 0) is 17.1 Å². The summed E-state index contributed by atoms with van der Waals surface area (Å²) in [7, 11) is 0. The monoisotopic (exact) mass is 364 g/mol. The van der Waals surface area contributed by atoms with E-state index >= 15 is 0 Å². The SMILES string of the molecule is O=C(O)C(O)c1cccc(C(F)(F)F)c1-c1ccccc1C(F)(F)F. The van der Waals surface area contributed by atoms with Gasteiger partial charge in [-0.15, -0.1) is 0 Å². The molecule has 3 nitrogen and oxygen atoms in total. The average Bonchev–Trinajstić information content (AvgIpc) is 2.51. The molecule has 2 rings (SSSR count). The molecule has 1 atom stereocenters. The normalized spacial score (nSPS) is 13.6. The number of rotatable bonds is 3. The van der Waals surface area contributed by atoms with Gasteiger partial charge in [0, 0.05) is 11.1 Å². The molecule has 0 aliphatic rings. The molecule has 0 fully saturated rings. The lowest BCUT2D eigenvalue weighted by atomic mass is 9.88. The van der Waals surface area contributed by atoms with Crippen molar-refractivity contribution in [2.24, 2.45) is 0 Å². The Hall–Kier alpha value is -2.55. The predicted molar refractivity (Wildman–Crippen MR) is 74.5 cm³/mol. The maximum atomic E-state index is 13.3. The van der Waals surface area contributed by atoms with E-state index in [0.717, 1.165) is 30.3 Å². The first-order valence-electron chi connectivity index (χ1n) is 6.72. The molecule has 0 aromatic heterocycles. The highest BCUT2D eigenvalue weighted by Crippen LogP contribution is 2.45. The van der Waals surface area contributed by atoms with E-state index in [1.807, 2.05) is 0 Å². The second-order valence-corrected chi connectivity index (χ2v) is 5.05. The average molecular weight is 364 g/mol. The lowest BCUT2D eigenvalue weighted by molar-refractivity contribution is -0.147. The molecule has 0 spiro atoms. The van der Waals surface area contributed by atoms with E-state index in [4.69, 9.17) is 5.11 Å². The van der Waals surface area contributed by atoms with Crippen LogP contribution >= 0.6 is 0 Å². The van der Waals surface area contributed by atoms with Gasteiger partial charge < -0.3 is 10.2 Å². The van der Waals surface area contributed by atoms with Crippen LogP contribution in [0.2, 0.25) is 0 Å². The molecule has 2 aromatic carbocycles. The molecule has 134 valence electrons. The van der Waals surface area contributed by atoms with Crippen molar-refractivity contribution in [1.82, 2.24) is 0 Å². The topological polar surface area (TPSA) is 57.5 Å². The molecule has 0 amide bonds. The maximum absolute atomic E-state index is 13.3. The van der Waals surface area contributed by atoms with Gasteiger partial charge in [-0.05, 0) is 17.7 Å². The van der Waals surface area contributed by atoms with Crippen LogP contribution in [0.5, 0.6) is 0 Å². The Kier molecular flexibility index (Phi) is 4.81. The number of benzene rings is 2. The Bertz CT molecular complexity index is 795. The summed E-state index contributed by atoms with van der Waals surface area (Å²) in [5.74, 6) is -1.88. The molecule has 0 radical (unpaired) electrons. The molecule has 0 aliphatic carbocycles. The van der Waals surface area contributed by atoms with E-state index in [2.05, 4.69) is 0 Å². The molecular weight excluding hydrogens is 354 g/mol. The number of carboxylic acids is 1. The molecule has 2 N–H and O–H groups in total. The number of halogens is 6. The summed E-state index contributed by atoms with van der Waals surface area (Å²) in [6.45, 7) is 0. The molecular formula is C16H10F6O3. The first kappa shape index (κ1) is 18.8. The number of aliphatic hydroxyl groups excluding tert-OH is 1. The lowest BCUT2D eigenvalue weighted by Gasteiger charge is -2.21. The first-order chi connectivity index (χ1) is 11.4. The summed E-state index contributed by atoms with van der Waals surface area (Å²) in [6.07, 6.45) is -12.4. The van der Waals surface area contributed by atoms with Crippen LogP contribution in [0.15, 0.2) is 42.5 Å². The van der Waals surface area contributed by atoms with E-state index < -0.39 is 52.2 Å². The minimum Gasteiger partial charge on any atom is -0.479 e. The second kappa shape index (κ2) is 6.40. The fraction of sp³-hybridized carbons (Fsp3) is 0.188. The van der Waals surface area contributed by atoms with Crippen molar-refractivity contribution in [3.8, 4) is 11.1 Å². The number of hydrogen-bond acceptors (Lipinski definition) is 2. The third kappa shape index (κ3) is 3.76. The minimum absolute atomic E-state index is 0.528. The largest absolute Gasteiger partial charge is 0.479 e. The van der Waals surface area contributed by atoms with Crippen molar-refractivity contribution in [2.45, 2.75) is 18.5 Å². The molecule has 0 heterocycles. The van der Waals surface area contributed by atoms with Gasteiger partial charge >= 0.3 is 18.3 Å². The van der Waals surface area contributed by atoms with E-state index in [9.17, 15) is 36.2 Å². The third-order valence-electron chi connectivity index (χ3n) is 3.43. The van der Waals surface area contributed by atoms with Gasteiger partial charge in [0.05, 0.1) is 11.1 Å². The Morgan fingerprint density at radius 1 is 0.840 bits per heavy atom. The van der Waals surface area contributed by atoms with Crippen LogP contribution in [0.3, 0.4) is 0 Å². The van der Waals surface area contributed by atoms with E-state index in [0.29, 0.717) is 12.1 Å². The summed E-state index contributed by atoms with van der Waals surface area (Å²) < 4.78 is 79.5. The summed E-state index contributed by atoms with van der Waals surface area (Å²) >= 11 is 0. The fourth-order valence-corrected chi connectivity index (χ4v) is 2.42. The smallest absolute Gasteiger partial charge is 0.417 e. The molecule has 0 aliphatic heterocycles. The number of aliphatic carboxylic acids is 1. The van der Waals surface area contributed by atoms with Crippen LogP contribution in [0.1, 0.15) is 22.8 Å². The van der Waals surface area contributed by atoms with E-state index in [-0.39, 0.29) is 0 Å². The van der Waals surface area contributed by atoms with Crippen molar-refractivity contribution in [2.75, 3.05) is 0 Å². The van der Waals surface area contributed by atoms with Gasteiger partial charge in [0.2, 0.25) is 0 Å². The highest BCUT2D eigenvalue weighted by atomic mass is 19.4. The Morgan fingerprint density at radius 3 is 1.88 bits per heavy atom. The minimum atomic E-state index is -5.05. The molecule has 0 bridgehead atoms. The molecule has 0 saturated heterocycles. The van der Waals surface area contributed by atoms with E-state index in [1.54, 1.807) is 0 Å². The highest BCUT2D eigenvalue weighted by Gasteiger charge is 2.40. The summed E-state index contributed by atoms with van der Waals surface area (Å²) in [6, 6.07) is 5.66. The maximum Gasteiger partial charge on any atom is 0.417 e. The number of hydrogen-bond donors (Lipinski definition) is 2. The molecule has 0 saturated carbocycles.